The van der Waals surface area contributed by atoms with Crippen molar-refractivity contribution >= 4 is 23.4 Å². The Morgan fingerprint density at radius 1 is 1.11 bits per heavy atom. The maximum absolute atomic E-state index is 13.7. The number of rotatable bonds is 4. The van der Waals surface area contributed by atoms with Crippen LogP contribution in [0.4, 0.5) is 4.39 Å². The Hall–Kier alpha value is -1.50. The lowest BCUT2D eigenvalue weighted by Crippen LogP contribution is -1.90. The molecule has 19 heavy (non-hydrogen) atoms. The van der Waals surface area contributed by atoms with Crippen molar-refractivity contribution in [2.45, 2.75) is 11.5 Å². The first-order chi connectivity index (χ1) is 9.20. The molecule has 0 aliphatic rings. The number of nitrogens with zero attached hydrogens (tertiary/aromatic N) is 1. The van der Waals surface area contributed by atoms with Crippen LogP contribution in [-0.2, 0) is 11.5 Å². The van der Waals surface area contributed by atoms with E-state index >= 15 is 0 Å². The summed E-state index contributed by atoms with van der Waals surface area (Å²) >= 11 is 7.65. The van der Waals surface area contributed by atoms with E-state index in [1.807, 2.05) is 30.3 Å². The molecule has 1 nitrogen and oxygen atoms in total. The van der Waals surface area contributed by atoms with E-state index in [1.165, 1.54) is 6.07 Å². The van der Waals surface area contributed by atoms with Crippen molar-refractivity contribution in [2.24, 2.45) is 0 Å². The second-order valence-corrected chi connectivity index (χ2v) is 5.39. The van der Waals surface area contributed by atoms with Crippen LogP contribution in [0.15, 0.2) is 42.5 Å². The Labute approximate surface area is 121 Å². The van der Waals surface area contributed by atoms with Gasteiger partial charge >= 0.3 is 0 Å². The molecule has 0 saturated heterocycles. The lowest BCUT2D eigenvalue weighted by molar-refractivity contribution is 0.617. The number of hydrogen-bond acceptors (Lipinski definition) is 2. The zero-order chi connectivity index (χ0) is 13.7. The van der Waals surface area contributed by atoms with Gasteiger partial charge in [-0.05, 0) is 29.3 Å². The highest BCUT2D eigenvalue weighted by Crippen LogP contribution is 2.24. The quantitative estimate of drug-likeness (QED) is 0.809. The Balaban J connectivity index is 1.97. The molecule has 4 heteroatoms. The Morgan fingerprint density at radius 3 is 2.53 bits per heavy atom. The number of halogens is 2. The molecule has 96 valence electrons. The van der Waals surface area contributed by atoms with Crippen LogP contribution < -0.4 is 0 Å². The molecular formula is C15H11ClFNS. The Morgan fingerprint density at radius 2 is 1.84 bits per heavy atom. The average Bonchev–Trinajstić information content (AvgIpc) is 2.42. The fourth-order valence-corrected chi connectivity index (χ4v) is 2.93. The van der Waals surface area contributed by atoms with Gasteiger partial charge in [0.25, 0.3) is 0 Å². The minimum atomic E-state index is -0.328. The zero-order valence-corrected chi connectivity index (χ0v) is 11.6. The first-order valence-electron chi connectivity index (χ1n) is 5.70. The van der Waals surface area contributed by atoms with E-state index in [0.29, 0.717) is 16.9 Å². The summed E-state index contributed by atoms with van der Waals surface area (Å²) in [6.45, 7) is 0. The van der Waals surface area contributed by atoms with Gasteiger partial charge in [-0.2, -0.15) is 17.0 Å². The summed E-state index contributed by atoms with van der Waals surface area (Å²) in [4.78, 5) is 0. The fourth-order valence-electron chi connectivity index (χ4n) is 1.62. The van der Waals surface area contributed by atoms with E-state index in [2.05, 4.69) is 0 Å². The molecule has 0 atom stereocenters. The van der Waals surface area contributed by atoms with Crippen LogP contribution in [0.1, 0.15) is 16.7 Å². The highest BCUT2D eigenvalue weighted by atomic mass is 35.5. The van der Waals surface area contributed by atoms with E-state index < -0.39 is 0 Å². The summed E-state index contributed by atoms with van der Waals surface area (Å²) in [6.07, 6.45) is 0. The van der Waals surface area contributed by atoms with Gasteiger partial charge in [0, 0.05) is 16.5 Å². The second kappa shape index (κ2) is 6.60. The van der Waals surface area contributed by atoms with Crippen molar-refractivity contribution in [3.05, 3.63) is 70.0 Å². The molecule has 0 amide bonds. The van der Waals surface area contributed by atoms with Crippen LogP contribution in [0, 0.1) is 17.1 Å². The van der Waals surface area contributed by atoms with Crippen LogP contribution in [0.3, 0.4) is 0 Å². The van der Waals surface area contributed by atoms with Crippen LogP contribution in [0.5, 0.6) is 0 Å². The highest BCUT2D eigenvalue weighted by molar-refractivity contribution is 7.97. The van der Waals surface area contributed by atoms with E-state index in [9.17, 15) is 4.39 Å². The molecule has 0 aromatic heterocycles. The maximum atomic E-state index is 13.7. The van der Waals surface area contributed by atoms with Crippen molar-refractivity contribution in [2.75, 3.05) is 0 Å². The van der Waals surface area contributed by atoms with Gasteiger partial charge < -0.3 is 0 Å². The lowest BCUT2D eigenvalue weighted by Gasteiger charge is -2.05. The first-order valence-corrected chi connectivity index (χ1v) is 7.23. The van der Waals surface area contributed by atoms with Gasteiger partial charge in [0.2, 0.25) is 0 Å². The molecule has 2 aromatic rings. The summed E-state index contributed by atoms with van der Waals surface area (Å²) in [5, 5.41) is 9.40. The lowest BCUT2D eigenvalue weighted by atomic mass is 10.1. The summed E-state index contributed by atoms with van der Waals surface area (Å²) in [5.41, 5.74) is 2.00. The van der Waals surface area contributed by atoms with Crippen LogP contribution in [0.2, 0.25) is 5.02 Å². The Bertz CT molecular complexity index is 622. The molecule has 0 aliphatic carbocycles. The van der Waals surface area contributed by atoms with Gasteiger partial charge in [0.1, 0.15) is 5.82 Å². The molecule has 0 fully saturated rings. The molecular weight excluding hydrogens is 281 g/mol. The van der Waals surface area contributed by atoms with Crippen molar-refractivity contribution in [3.63, 3.8) is 0 Å². The standard InChI is InChI=1S/C15H11ClFNS/c16-14-4-2-1-3-12(14)9-19-10-13-6-5-11(8-18)7-15(13)17/h1-7H,9-10H2. The molecule has 0 heterocycles. The van der Waals surface area contributed by atoms with E-state index in [-0.39, 0.29) is 5.82 Å². The first kappa shape index (κ1) is 13.9. The SMILES string of the molecule is N#Cc1ccc(CSCc2ccccc2Cl)c(F)c1. The van der Waals surface area contributed by atoms with Gasteiger partial charge in [-0.15, -0.1) is 0 Å². The van der Waals surface area contributed by atoms with Crippen LogP contribution in [-0.4, -0.2) is 0 Å². The minimum absolute atomic E-state index is 0.328. The molecule has 0 spiro atoms. The maximum Gasteiger partial charge on any atom is 0.128 e. The smallest absolute Gasteiger partial charge is 0.128 e. The zero-order valence-electron chi connectivity index (χ0n) is 10.1. The van der Waals surface area contributed by atoms with Crippen molar-refractivity contribution < 1.29 is 4.39 Å². The third-order valence-electron chi connectivity index (χ3n) is 2.66. The summed E-state index contributed by atoms with van der Waals surface area (Å²) in [7, 11) is 0. The molecule has 2 rings (SSSR count). The summed E-state index contributed by atoms with van der Waals surface area (Å²) in [6, 6.07) is 14.1. The number of thioether (sulfide) groups is 1. The largest absolute Gasteiger partial charge is 0.207 e. The predicted octanol–water partition coefficient (Wildman–Crippen LogP) is 4.78. The summed E-state index contributed by atoms with van der Waals surface area (Å²) in [5.74, 6) is 0.965. The Kier molecular flexibility index (Phi) is 4.84. The molecule has 0 aliphatic heterocycles. The molecule has 0 bridgehead atoms. The average molecular weight is 292 g/mol. The van der Waals surface area contributed by atoms with Crippen LogP contribution in [0.25, 0.3) is 0 Å². The normalized spacial score (nSPS) is 10.2. The molecule has 0 unspecified atom stereocenters. The number of hydrogen-bond donors (Lipinski definition) is 0. The van der Waals surface area contributed by atoms with Crippen molar-refractivity contribution in [1.82, 2.24) is 0 Å². The monoisotopic (exact) mass is 291 g/mol. The second-order valence-electron chi connectivity index (χ2n) is 4.00. The summed E-state index contributed by atoms with van der Waals surface area (Å²) < 4.78 is 13.7. The molecule has 0 saturated carbocycles. The molecule has 2 aromatic carbocycles. The number of benzene rings is 2. The van der Waals surface area contributed by atoms with E-state index in [0.717, 1.165) is 16.3 Å². The number of nitriles is 1. The molecule has 0 N–H and O–H groups in total. The van der Waals surface area contributed by atoms with Gasteiger partial charge in [0.15, 0.2) is 0 Å². The topological polar surface area (TPSA) is 23.8 Å². The highest BCUT2D eigenvalue weighted by Gasteiger charge is 2.05. The van der Waals surface area contributed by atoms with Crippen LogP contribution >= 0.6 is 23.4 Å². The van der Waals surface area contributed by atoms with Gasteiger partial charge in [-0.1, -0.05) is 35.9 Å². The third kappa shape index (κ3) is 3.73. The van der Waals surface area contributed by atoms with Gasteiger partial charge in [0.05, 0.1) is 11.6 Å². The third-order valence-corrected chi connectivity index (χ3v) is 4.05. The van der Waals surface area contributed by atoms with E-state index in [4.69, 9.17) is 16.9 Å². The fraction of sp³-hybridized carbons (Fsp3) is 0.133. The van der Waals surface area contributed by atoms with Gasteiger partial charge in [-0.3, -0.25) is 0 Å². The minimum Gasteiger partial charge on any atom is -0.207 e. The van der Waals surface area contributed by atoms with Crippen molar-refractivity contribution in [3.8, 4) is 6.07 Å². The predicted molar refractivity (Wildman–Crippen MR) is 77.6 cm³/mol. The molecule has 0 radical (unpaired) electrons. The van der Waals surface area contributed by atoms with Gasteiger partial charge in [-0.25, -0.2) is 4.39 Å². The van der Waals surface area contributed by atoms with Crippen molar-refractivity contribution in [1.29, 1.82) is 5.26 Å². The van der Waals surface area contributed by atoms with E-state index in [1.54, 1.807) is 23.9 Å².